The predicted octanol–water partition coefficient (Wildman–Crippen LogP) is 6.12. The Morgan fingerprint density at radius 2 is 1.39 bits per heavy atom. The van der Waals surface area contributed by atoms with Gasteiger partial charge in [-0.25, -0.2) is 8.42 Å². The molecule has 0 radical (unpaired) electrons. The average molecular weight is 434 g/mol. The van der Waals surface area contributed by atoms with Gasteiger partial charge in [-0.3, -0.25) is 0 Å². The summed E-state index contributed by atoms with van der Waals surface area (Å²) < 4.78 is 27.7. The Balaban J connectivity index is 1.35. The molecule has 0 aliphatic carbocycles. The Bertz CT molecular complexity index is 1080. The second-order valence-electron chi connectivity index (χ2n) is 8.84. The van der Waals surface area contributed by atoms with Gasteiger partial charge in [0.05, 0.1) is 4.90 Å². The van der Waals surface area contributed by atoms with Crippen molar-refractivity contribution in [2.75, 3.05) is 13.1 Å². The van der Waals surface area contributed by atoms with Gasteiger partial charge in [0.25, 0.3) is 0 Å². The summed E-state index contributed by atoms with van der Waals surface area (Å²) in [5, 5.41) is 0. The summed E-state index contributed by atoms with van der Waals surface area (Å²) in [6.07, 6.45) is 2.82. The van der Waals surface area contributed by atoms with Crippen LogP contribution in [0.15, 0.2) is 83.8 Å². The lowest BCUT2D eigenvalue weighted by Gasteiger charge is -2.31. The van der Waals surface area contributed by atoms with E-state index in [-0.39, 0.29) is 0 Å². The van der Waals surface area contributed by atoms with E-state index < -0.39 is 10.0 Å². The van der Waals surface area contributed by atoms with E-state index in [4.69, 9.17) is 0 Å². The topological polar surface area (TPSA) is 37.4 Å². The van der Waals surface area contributed by atoms with Gasteiger partial charge in [0, 0.05) is 13.1 Å². The molecule has 0 unspecified atom stereocenters. The SMILES string of the molecule is CC(C)c1ccc(S(=O)(=O)N2CCC(Cc3ccc(-c4ccccc4)cc3)CC2)cc1. The first kappa shape index (κ1) is 21.8. The van der Waals surface area contributed by atoms with Crippen LogP contribution in [0.1, 0.15) is 43.7 Å². The van der Waals surface area contributed by atoms with E-state index in [0.29, 0.717) is 29.8 Å². The molecule has 0 spiro atoms. The molecule has 1 heterocycles. The summed E-state index contributed by atoms with van der Waals surface area (Å²) >= 11 is 0. The first-order valence-corrected chi connectivity index (χ1v) is 12.6. The summed E-state index contributed by atoms with van der Waals surface area (Å²) in [7, 11) is -3.40. The first-order valence-electron chi connectivity index (χ1n) is 11.2. The van der Waals surface area contributed by atoms with Crippen molar-refractivity contribution in [1.82, 2.24) is 4.31 Å². The molecule has 3 aromatic carbocycles. The molecule has 4 rings (SSSR count). The third-order valence-electron chi connectivity index (χ3n) is 6.34. The van der Waals surface area contributed by atoms with Gasteiger partial charge < -0.3 is 0 Å². The van der Waals surface area contributed by atoms with Crippen molar-refractivity contribution in [2.24, 2.45) is 5.92 Å². The van der Waals surface area contributed by atoms with Crippen LogP contribution in [0.5, 0.6) is 0 Å². The lowest BCUT2D eigenvalue weighted by molar-refractivity contribution is 0.273. The first-order chi connectivity index (χ1) is 14.9. The molecule has 0 amide bonds. The van der Waals surface area contributed by atoms with Gasteiger partial charge in [-0.2, -0.15) is 4.31 Å². The maximum absolute atomic E-state index is 13.0. The largest absolute Gasteiger partial charge is 0.243 e. The monoisotopic (exact) mass is 433 g/mol. The predicted molar refractivity (Wildman–Crippen MR) is 128 cm³/mol. The molecule has 162 valence electrons. The Hall–Kier alpha value is -2.43. The molecule has 0 saturated carbocycles. The van der Waals surface area contributed by atoms with E-state index in [2.05, 4.69) is 62.4 Å². The van der Waals surface area contributed by atoms with Crippen LogP contribution in [0.3, 0.4) is 0 Å². The molecule has 4 heteroatoms. The van der Waals surface area contributed by atoms with Crippen LogP contribution in [0.2, 0.25) is 0 Å². The van der Waals surface area contributed by atoms with Crippen LogP contribution in [-0.4, -0.2) is 25.8 Å². The Kier molecular flexibility index (Phi) is 6.59. The van der Waals surface area contributed by atoms with Crippen molar-refractivity contribution in [3.8, 4) is 11.1 Å². The zero-order valence-corrected chi connectivity index (χ0v) is 19.2. The highest BCUT2D eigenvalue weighted by molar-refractivity contribution is 7.89. The van der Waals surface area contributed by atoms with Gasteiger partial charge in [-0.05, 0) is 65.5 Å². The lowest BCUT2D eigenvalue weighted by Crippen LogP contribution is -2.38. The van der Waals surface area contributed by atoms with Crippen molar-refractivity contribution in [1.29, 1.82) is 0 Å². The summed E-state index contributed by atoms with van der Waals surface area (Å²) in [6.45, 7) is 5.43. The highest BCUT2D eigenvalue weighted by Gasteiger charge is 2.29. The summed E-state index contributed by atoms with van der Waals surface area (Å²) in [6, 6.07) is 26.6. The second-order valence-corrected chi connectivity index (χ2v) is 10.8. The summed E-state index contributed by atoms with van der Waals surface area (Å²) in [4.78, 5) is 0.409. The smallest absolute Gasteiger partial charge is 0.207 e. The summed E-state index contributed by atoms with van der Waals surface area (Å²) in [5.74, 6) is 0.923. The van der Waals surface area contributed by atoms with Gasteiger partial charge in [0.2, 0.25) is 10.0 Å². The zero-order valence-electron chi connectivity index (χ0n) is 18.4. The number of rotatable bonds is 6. The van der Waals surface area contributed by atoms with Crippen LogP contribution >= 0.6 is 0 Å². The fraction of sp³-hybridized carbons (Fsp3) is 0.333. The van der Waals surface area contributed by atoms with Gasteiger partial charge in [-0.15, -0.1) is 0 Å². The molecule has 1 fully saturated rings. The molecule has 0 atom stereocenters. The molecule has 3 aromatic rings. The third-order valence-corrected chi connectivity index (χ3v) is 8.26. The molecule has 31 heavy (non-hydrogen) atoms. The second kappa shape index (κ2) is 9.37. The fourth-order valence-electron chi connectivity index (χ4n) is 4.32. The summed E-state index contributed by atoms with van der Waals surface area (Å²) in [5.41, 5.74) is 4.95. The van der Waals surface area contributed by atoms with Crippen LogP contribution < -0.4 is 0 Å². The number of nitrogens with zero attached hydrogens (tertiary/aromatic N) is 1. The van der Waals surface area contributed by atoms with Crippen molar-refractivity contribution < 1.29 is 8.42 Å². The normalized spacial score (nSPS) is 16.0. The zero-order chi connectivity index (χ0) is 21.8. The number of sulfonamides is 1. The van der Waals surface area contributed by atoms with E-state index >= 15 is 0 Å². The van der Waals surface area contributed by atoms with E-state index in [0.717, 1.165) is 24.8 Å². The Morgan fingerprint density at radius 1 is 0.806 bits per heavy atom. The highest BCUT2D eigenvalue weighted by Crippen LogP contribution is 2.28. The van der Waals surface area contributed by atoms with E-state index in [1.54, 1.807) is 16.4 Å². The average Bonchev–Trinajstić information content (AvgIpc) is 2.80. The molecule has 1 aliphatic heterocycles. The minimum absolute atomic E-state index is 0.397. The molecular weight excluding hydrogens is 402 g/mol. The molecular formula is C27H31NO2S. The molecule has 0 N–H and O–H groups in total. The number of hydrogen-bond donors (Lipinski definition) is 0. The van der Waals surface area contributed by atoms with E-state index in [9.17, 15) is 8.42 Å². The van der Waals surface area contributed by atoms with Crippen molar-refractivity contribution >= 4 is 10.0 Å². The Labute approximate surface area is 186 Å². The minimum Gasteiger partial charge on any atom is -0.207 e. The molecule has 0 bridgehead atoms. The third kappa shape index (κ3) is 5.08. The Morgan fingerprint density at radius 3 is 1.97 bits per heavy atom. The van der Waals surface area contributed by atoms with Crippen molar-refractivity contribution in [3.05, 3.63) is 90.0 Å². The number of benzene rings is 3. The standard InChI is InChI=1S/C27H31NO2S/c1-21(2)24-12-14-27(15-13-24)31(29,30)28-18-16-23(17-19-28)20-22-8-10-26(11-9-22)25-6-4-3-5-7-25/h3-15,21,23H,16-20H2,1-2H3. The number of hydrogen-bond acceptors (Lipinski definition) is 2. The van der Waals surface area contributed by atoms with Crippen LogP contribution in [0, 0.1) is 5.92 Å². The maximum atomic E-state index is 13.0. The highest BCUT2D eigenvalue weighted by atomic mass is 32.2. The van der Waals surface area contributed by atoms with Gasteiger partial charge in [0.1, 0.15) is 0 Å². The lowest BCUT2D eigenvalue weighted by atomic mass is 9.90. The van der Waals surface area contributed by atoms with E-state index in [1.165, 1.54) is 16.7 Å². The van der Waals surface area contributed by atoms with Gasteiger partial charge in [-0.1, -0.05) is 80.6 Å². The number of piperidine rings is 1. The van der Waals surface area contributed by atoms with Crippen LogP contribution in [-0.2, 0) is 16.4 Å². The van der Waals surface area contributed by atoms with Crippen LogP contribution in [0.4, 0.5) is 0 Å². The molecule has 1 aliphatic rings. The molecule has 1 saturated heterocycles. The van der Waals surface area contributed by atoms with Crippen molar-refractivity contribution in [2.45, 2.75) is 43.9 Å². The molecule has 0 aromatic heterocycles. The minimum atomic E-state index is -3.40. The van der Waals surface area contributed by atoms with Crippen LogP contribution in [0.25, 0.3) is 11.1 Å². The maximum Gasteiger partial charge on any atom is 0.243 e. The van der Waals surface area contributed by atoms with Crippen molar-refractivity contribution in [3.63, 3.8) is 0 Å². The quantitative estimate of drug-likeness (QED) is 0.470. The molecule has 3 nitrogen and oxygen atoms in total. The fourth-order valence-corrected chi connectivity index (χ4v) is 5.79. The van der Waals surface area contributed by atoms with Gasteiger partial charge >= 0.3 is 0 Å². The van der Waals surface area contributed by atoms with Gasteiger partial charge in [0.15, 0.2) is 0 Å². The van der Waals surface area contributed by atoms with E-state index in [1.807, 2.05) is 18.2 Å².